The summed E-state index contributed by atoms with van der Waals surface area (Å²) < 4.78 is 33.6. The molecule has 1 aromatic heterocycles. The quantitative estimate of drug-likeness (QED) is 0.233. The van der Waals surface area contributed by atoms with Crippen LogP contribution in [0.3, 0.4) is 0 Å². The molecule has 0 spiro atoms. The third-order valence-electron chi connectivity index (χ3n) is 8.19. The fourth-order valence-corrected chi connectivity index (χ4v) is 7.42. The number of halogens is 1. The van der Waals surface area contributed by atoms with Crippen molar-refractivity contribution in [3.05, 3.63) is 107 Å². The molecule has 0 bridgehead atoms. The Kier molecular flexibility index (Phi) is 8.24. The third-order valence-corrected chi connectivity index (χ3v) is 10.5. The summed E-state index contributed by atoms with van der Waals surface area (Å²) in [6, 6.07) is 26.8. The number of aliphatic hydroxyl groups excluding tert-OH is 1. The Morgan fingerprint density at radius 2 is 1.79 bits per heavy atom. The van der Waals surface area contributed by atoms with Crippen LogP contribution < -0.4 is 10.1 Å². The summed E-state index contributed by atoms with van der Waals surface area (Å²) in [5.41, 5.74) is 2.49. The van der Waals surface area contributed by atoms with Crippen molar-refractivity contribution in [1.82, 2.24) is 9.29 Å². The number of aliphatic hydroxyl groups is 1. The number of hydrogen-bond acceptors (Lipinski definition) is 6. The average molecular weight is 618 g/mol. The van der Waals surface area contributed by atoms with Gasteiger partial charge < -0.3 is 15.2 Å². The molecule has 1 saturated heterocycles. The van der Waals surface area contributed by atoms with Gasteiger partial charge >= 0.3 is 0 Å². The summed E-state index contributed by atoms with van der Waals surface area (Å²) in [6.45, 7) is 0.578. The zero-order valence-electron chi connectivity index (χ0n) is 23.4. The second-order valence-corrected chi connectivity index (χ2v) is 13.3. The molecule has 0 unspecified atom stereocenters. The number of ether oxygens (including phenoxy) is 1. The van der Waals surface area contributed by atoms with Gasteiger partial charge in [-0.25, -0.2) is 13.4 Å². The van der Waals surface area contributed by atoms with Crippen LogP contribution in [-0.4, -0.2) is 47.9 Å². The minimum Gasteiger partial charge on any atom is -0.487 e. The number of rotatable bonds is 10. The SMILES string of the molecule is O=C(Nc1cccc(-c2ccc(S(=O)(=O)N3CCC[C@@H]3CO)cc2)n1)C1(c2ccc(Cl)c(OCc3ccccc3)c2)CC1. The highest BCUT2D eigenvalue weighted by Gasteiger charge is 2.51. The summed E-state index contributed by atoms with van der Waals surface area (Å²) >= 11 is 6.42. The van der Waals surface area contributed by atoms with Crippen LogP contribution in [0.25, 0.3) is 11.3 Å². The molecule has 43 heavy (non-hydrogen) atoms. The number of carbonyl (C=O) groups is 1. The first-order chi connectivity index (χ1) is 20.8. The Morgan fingerprint density at radius 1 is 1.02 bits per heavy atom. The van der Waals surface area contributed by atoms with Crippen LogP contribution in [-0.2, 0) is 26.8 Å². The fraction of sp³-hybridized carbons (Fsp3) is 0.273. The Bertz CT molecular complexity index is 1730. The zero-order valence-corrected chi connectivity index (χ0v) is 25.0. The largest absolute Gasteiger partial charge is 0.487 e. The van der Waals surface area contributed by atoms with Gasteiger partial charge in [-0.3, -0.25) is 4.79 Å². The number of nitrogens with one attached hydrogen (secondary N) is 1. The van der Waals surface area contributed by atoms with Gasteiger partial charge in [0, 0.05) is 18.2 Å². The number of hydrogen-bond donors (Lipinski definition) is 2. The van der Waals surface area contributed by atoms with E-state index in [1.165, 1.54) is 4.31 Å². The van der Waals surface area contributed by atoms with Crippen molar-refractivity contribution in [1.29, 1.82) is 0 Å². The lowest BCUT2D eigenvalue weighted by molar-refractivity contribution is -0.118. The topological polar surface area (TPSA) is 109 Å². The predicted molar refractivity (Wildman–Crippen MR) is 165 cm³/mol. The number of amides is 1. The molecule has 222 valence electrons. The molecule has 6 rings (SSSR count). The lowest BCUT2D eigenvalue weighted by Crippen LogP contribution is -2.37. The monoisotopic (exact) mass is 617 g/mol. The Hall–Kier alpha value is -3.76. The second-order valence-electron chi connectivity index (χ2n) is 11.0. The van der Waals surface area contributed by atoms with Crippen molar-refractivity contribution >= 4 is 33.3 Å². The van der Waals surface area contributed by atoms with Crippen LogP contribution in [0.4, 0.5) is 5.82 Å². The molecule has 1 atom stereocenters. The Morgan fingerprint density at radius 3 is 2.51 bits per heavy atom. The molecule has 10 heteroatoms. The highest BCUT2D eigenvalue weighted by atomic mass is 35.5. The molecular weight excluding hydrogens is 586 g/mol. The Labute approximate surface area is 256 Å². The summed E-state index contributed by atoms with van der Waals surface area (Å²) in [7, 11) is -3.70. The molecular formula is C33H32ClN3O5S. The maximum atomic E-state index is 13.5. The van der Waals surface area contributed by atoms with Gasteiger partial charge in [0.25, 0.3) is 0 Å². The maximum Gasteiger partial charge on any atom is 0.243 e. The molecule has 8 nitrogen and oxygen atoms in total. The van der Waals surface area contributed by atoms with Gasteiger partial charge in [0.2, 0.25) is 15.9 Å². The van der Waals surface area contributed by atoms with Crippen LogP contribution in [0.15, 0.2) is 95.9 Å². The maximum absolute atomic E-state index is 13.5. The van der Waals surface area contributed by atoms with Crippen molar-refractivity contribution in [3.8, 4) is 17.0 Å². The van der Waals surface area contributed by atoms with Gasteiger partial charge in [-0.05, 0) is 73.2 Å². The summed E-state index contributed by atoms with van der Waals surface area (Å²) in [5.74, 6) is 0.783. The van der Waals surface area contributed by atoms with Crippen LogP contribution in [0.5, 0.6) is 5.75 Å². The molecule has 1 aliphatic heterocycles. The standard InChI is InChI=1S/C33H32ClN3O5S/c34-28-16-13-25(20-30(28)42-22-23-6-2-1-3-7-23)33(17-18-33)32(39)36-31-10-4-9-29(35-31)24-11-14-27(15-12-24)43(40,41)37-19-5-8-26(37)21-38/h1-4,6-7,9-16,20,26,38H,5,8,17-19,21-22H2,(H,35,36,39)/t26-/m1/s1. The van der Waals surface area contributed by atoms with E-state index in [0.29, 0.717) is 60.3 Å². The summed E-state index contributed by atoms with van der Waals surface area (Å²) in [5, 5.41) is 13.0. The van der Waals surface area contributed by atoms with Gasteiger partial charge in [-0.2, -0.15) is 4.31 Å². The zero-order chi connectivity index (χ0) is 30.0. The van der Waals surface area contributed by atoms with Gasteiger partial charge in [-0.1, -0.05) is 66.2 Å². The second kappa shape index (κ2) is 12.1. The molecule has 3 aromatic carbocycles. The number of nitrogens with zero attached hydrogens (tertiary/aromatic N) is 2. The third kappa shape index (κ3) is 6.03. The van der Waals surface area contributed by atoms with Crippen LogP contribution in [0.1, 0.15) is 36.8 Å². The van der Waals surface area contributed by atoms with Crippen molar-refractivity contribution in [2.45, 2.75) is 48.6 Å². The van der Waals surface area contributed by atoms with Gasteiger partial charge in [-0.15, -0.1) is 0 Å². The van der Waals surface area contributed by atoms with Crippen LogP contribution in [0, 0.1) is 0 Å². The number of sulfonamides is 1. The van der Waals surface area contributed by atoms with Gasteiger partial charge in [0.1, 0.15) is 18.2 Å². The van der Waals surface area contributed by atoms with Crippen molar-refractivity contribution in [2.75, 3.05) is 18.5 Å². The highest BCUT2D eigenvalue weighted by Crippen LogP contribution is 2.50. The molecule has 2 aliphatic rings. The molecule has 2 N–H and O–H groups in total. The number of aromatic nitrogens is 1. The lowest BCUT2D eigenvalue weighted by Gasteiger charge is -2.22. The van der Waals surface area contributed by atoms with Crippen molar-refractivity contribution in [2.24, 2.45) is 0 Å². The number of anilines is 1. The number of benzene rings is 3. The van der Waals surface area contributed by atoms with E-state index >= 15 is 0 Å². The number of carbonyl (C=O) groups excluding carboxylic acids is 1. The minimum atomic E-state index is -3.70. The Balaban J connectivity index is 1.16. The fourth-order valence-electron chi connectivity index (χ4n) is 5.56. The predicted octanol–water partition coefficient (Wildman–Crippen LogP) is 5.80. The first-order valence-electron chi connectivity index (χ1n) is 14.3. The van der Waals surface area contributed by atoms with E-state index in [4.69, 9.17) is 16.3 Å². The van der Waals surface area contributed by atoms with E-state index < -0.39 is 15.4 Å². The highest BCUT2D eigenvalue weighted by molar-refractivity contribution is 7.89. The first kappa shape index (κ1) is 29.3. The van der Waals surface area contributed by atoms with Crippen molar-refractivity contribution < 1.29 is 23.1 Å². The van der Waals surface area contributed by atoms with E-state index in [1.807, 2.05) is 48.5 Å². The molecule has 2 heterocycles. The molecule has 1 amide bonds. The summed E-state index contributed by atoms with van der Waals surface area (Å²) in [4.78, 5) is 18.3. The molecule has 0 radical (unpaired) electrons. The average Bonchev–Trinajstić information content (AvgIpc) is 3.70. The lowest BCUT2D eigenvalue weighted by atomic mass is 9.94. The molecule has 1 aliphatic carbocycles. The van der Waals surface area contributed by atoms with Crippen molar-refractivity contribution in [3.63, 3.8) is 0 Å². The smallest absolute Gasteiger partial charge is 0.243 e. The van der Waals surface area contributed by atoms with E-state index in [-0.39, 0.29) is 23.5 Å². The molecule has 2 fully saturated rings. The minimum absolute atomic E-state index is 0.154. The van der Waals surface area contributed by atoms with E-state index in [9.17, 15) is 18.3 Å². The van der Waals surface area contributed by atoms with Crippen LogP contribution in [0.2, 0.25) is 5.02 Å². The first-order valence-corrected chi connectivity index (χ1v) is 16.1. The number of pyridine rings is 1. The molecule has 4 aromatic rings. The molecule has 1 saturated carbocycles. The van der Waals surface area contributed by atoms with Crippen LogP contribution >= 0.6 is 11.6 Å². The van der Waals surface area contributed by atoms with Gasteiger partial charge in [0.15, 0.2) is 0 Å². The van der Waals surface area contributed by atoms with E-state index in [1.54, 1.807) is 42.5 Å². The van der Waals surface area contributed by atoms with E-state index in [2.05, 4.69) is 10.3 Å². The van der Waals surface area contributed by atoms with E-state index in [0.717, 1.165) is 17.5 Å². The normalized spacial score (nSPS) is 17.9. The summed E-state index contributed by atoms with van der Waals surface area (Å²) in [6.07, 6.45) is 2.77. The van der Waals surface area contributed by atoms with Gasteiger partial charge in [0.05, 0.1) is 27.6 Å².